The van der Waals surface area contributed by atoms with Gasteiger partial charge in [0.1, 0.15) is 6.61 Å². The Morgan fingerprint density at radius 1 is 1.41 bits per heavy atom. The molecule has 1 rings (SSSR count). The number of sulfonamides is 1. The van der Waals surface area contributed by atoms with Crippen LogP contribution in [-0.4, -0.2) is 25.9 Å². The zero-order chi connectivity index (χ0) is 12.9. The summed E-state index contributed by atoms with van der Waals surface area (Å²) in [5.41, 5.74) is 2.10. The molecule has 0 heterocycles. The maximum atomic E-state index is 11.4. The van der Waals surface area contributed by atoms with Gasteiger partial charge in [0.05, 0.1) is 11.4 Å². The normalized spacial score (nSPS) is 10.5. The molecule has 0 aliphatic carbocycles. The van der Waals surface area contributed by atoms with Crippen LogP contribution in [0.3, 0.4) is 0 Å². The number of rotatable bonds is 3. The number of anilines is 1. The van der Waals surface area contributed by atoms with Gasteiger partial charge in [0.25, 0.3) is 0 Å². The Hall–Kier alpha value is -1.51. The second-order valence-electron chi connectivity index (χ2n) is 3.50. The number of nitrogens with one attached hydrogen (secondary N) is 1. The van der Waals surface area contributed by atoms with Crippen molar-refractivity contribution in [3.05, 3.63) is 29.3 Å². The minimum atomic E-state index is -3.25. The third-order valence-electron chi connectivity index (χ3n) is 2.18. The predicted molar refractivity (Wildman–Crippen MR) is 68.2 cm³/mol. The lowest BCUT2D eigenvalue weighted by Crippen LogP contribution is -2.15. The fourth-order valence-electron chi connectivity index (χ4n) is 1.24. The highest BCUT2D eigenvalue weighted by Crippen LogP contribution is 2.17. The molecule has 17 heavy (non-hydrogen) atoms. The van der Waals surface area contributed by atoms with Gasteiger partial charge in [0.2, 0.25) is 10.0 Å². The number of aliphatic hydroxyl groups is 1. The van der Waals surface area contributed by atoms with E-state index in [1.807, 2.05) is 0 Å². The molecule has 1 aromatic rings. The molecular formula is C12H15NO3S. The first-order valence-corrected chi connectivity index (χ1v) is 6.84. The van der Waals surface area contributed by atoms with Crippen molar-refractivity contribution in [1.29, 1.82) is 0 Å². The number of benzene rings is 1. The SMILES string of the molecule is CCS(=O)(=O)Nc1ccc(C#CCO)cc1C. The quantitative estimate of drug-likeness (QED) is 0.793. The molecule has 92 valence electrons. The smallest absolute Gasteiger partial charge is 0.232 e. The van der Waals surface area contributed by atoms with Crippen LogP contribution in [-0.2, 0) is 10.0 Å². The Morgan fingerprint density at radius 2 is 2.12 bits per heavy atom. The summed E-state index contributed by atoms with van der Waals surface area (Å²) >= 11 is 0. The summed E-state index contributed by atoms with van der Waals surface area (Å²) in [5, 5.41) is 8.57. The Morgan fingerprint density at radius 3 is 2.65 bits per heavy atom. The molecule has 0 radical (unpaired) electrons. The standard InChI is InChI=1S/C12H15NO3S/c1-3-17(15,16)13-12-7-6-11(5-4-8-14)9-10(12)2/h6-7,9,13-14H,3,8H2,1-2H3. The lowest BCUT2D eigenvalue weighted by molar-refractivity contribution is 0.350. The topological polar surface area (TPSA) is 66.4 Å². The first-order chi connectivity index (χ1) is 7.98. The minimum absolute atomic E-state index is 0.0402. The lowest BCUT2D eigenvalue weighted by Gasteiger charge is -2.09. The molecule has 0 saturated carbocycles. The highest BCUT2D eigenvalue weighted by molar-refractivity contribution is 7.92. The van der Waals surface area contributed by atoms with Crippen molar-refractivity contribution in [3.8, 4) is 11.8 Å². The highest BCUT2D eigenvalue weighted by Gasteiger charge is 2.08. The molecule has 0 saturated heterocycles. The summed E-state index contributed by atoms with van der Waals surface area (Å²) in [6.07, 6.45) is 0. The van der Waals surface area contributed by atoms with E-state index in [2.05, 4.69) is 16.6 Å². The molecule has 0 atom stereocenters. The van der Waals surface area contributed by atoms with Gasteiger partial charge in [0.15, 0.2) is 0 Å². The zero-order valence-electron chi connectivity index (χ0n) is 9.82. The van der Waals surface area contributed by atoms with Crippen LogP contribution >= 0.6 is 0 Å². The van der Waals surface area contributed by atoms with Gasteiger partial charge in [-0.1, -0.05) is 11.8 Å². The molecule has 0 spiro atoms. The van der Waals surface area contributed by atoms with Crippen molar-refractivity contribution < 1.29 is 13.5 Å². The summed E-state index contributed by atoms with van der Waals surface area (Å²) in [6.45, 7) is 3.19. The number of aliphatic hydroxyl groups excluding tert-OH is 1. The van der Waals surface area contributed by atoms with Crippen molar-refractivity contribution in [2.45, 2.75) is 13.8 Å². The van der Waals surface area contributed by atoms with Crippen LogP contribution < -0.4 is 4.72 Å². The summed E-state index contributed by atoms with van der Waals surface area (Å²) in [6, 6.07) is 5.16. The maximum absolute atomic E-state index is 11.4. The fraction of sp³-hybridized carbons (Fsp3) is 0.333. The van der Waals surface area contributed by atoms with Crippen LogP contribution in [0.2, 0.25) is 0 Å². The van der Waals surface area contributed by atoms with Gasteiger partial charge < -0.3 is 5.11 Å². The number of aryl methyl sites for hydroxylation is 1. The van der Waals surface area contributed by atoms with E-state index in [9.17, 15) is 8.42 Å². The molecule has 1 aromatic carbocycles. The van der Waals surface area contributed by atoms with Gasteiger partial charge in [-0.15, -0.1) is 0 Å². The molecule has 2 N–H and O–H groups in total. The predicted octanol–water partition coefficient (Wildman–Crippen LogP) is 1.10. The fourth-order valence-corrected chi connectivity index (χ4v) is 1.95. The minimum Gasteiger partial charge on any atom is -0.384 e. The first kappa shape index (κ1) is 13.6. The van der Waals surface area contributed by atoms with E-state index in [1.54, 1.807) is 32.0 Å². The van der Waals surface area contributed by atoms with Crippen molar-refractivity contribution >= 4 is 15.7 Å². The molecular weight excluding hydrogens is 238 g/mol. The average Bonchev–Trinajstić information content (AvgIpc) is 2.29. The number of hydrogen-bond acceptors (Lipinski definition) is 3. The van der Waals surface area contributed by atoms with E-state index in [4.69, 9.17) is 5.11 Å². The zero-order valence-corrected chi connectivity index (χ0v) is 10.6. The van der Waals surface area contributed by atoms with E-state index in [1.165, 1.54) is 0 Å². The van der Waals surface area contributed by atoms with Crippen LogP contribution in [0.4, 0.5) is 5.69 Å². The third kappa shape index (κ3) is 4.10. The highest BCUT2D eigenvalue weighted by atomic mass is 32.2. The Balaban J connectivity index is 2.98. The Kier molecular flexibility index (Phi) is 4.55. The molecule has 4 nitrogen and oxygen atoms in total. The maximum Gasteiger partial charge on any atom is 0.232 e. The monoisotopic (exact) mass is 253 g/mol. The third-order valence-corrected chi connectivity index (χ3v) is 3.47. The molecule has 0 fully saturated rings. The molecule has 0 aliphatic heterocycles. The molecule has 0 aromatic heterocycles. The van der Waals surface area contributed by atoms with E-state index in [0.717, 1.165) is 11.1 Å². The summed E-state index contributed by atoms with van der Waals surface area (Å²) in [4.78, 5) is 0. The second-order valence-corrected chi connectivity index (χ2v) is 5.51. The largest absolute Gasteiger partial charge is 0.384 e. The van der Waals surface area contributed by atoms with E-state index < -0.39 is 10.0 Å². The van der Waals surface area contributed by atoms with Crippen LogP contribution in [0, 0.1) is 18.8 Å². The summed E-state index contributed by atoms with van der Waals surface area (Å²) in [5.74, 6) is 5.34. The van der Waals surface area contributed by atoms with Crippen molar-refractivity contribution in [2.75, 3.05) is 17.1 Å². The van der Waals surface area contributed by atoms with E-state index in [-0.39, 0.29) is 12.4 Å². The Labute approximate surface area is 102 Å². The van der Waals surface area contributed by atoms with Crippen molar-refractivity contribution in [1.82, 2.24) is 0 Å². The van der Waals surface area contributed by atoms with E-state index in [0.29, 0.717) is 5.69 Å². The summed E-state index contributed by atoms with van der Waals surface area (Å²) < 4.78 is 25.3. The lowest BCUT2D eigenvalue weighted by atomic mass is 10.1. The van der Waals surface area contributed by atoms with Crippen molar-refractivity contribution in [2.24, 2.45) is 0 Å². The van der Waals surface area contributed by atoms with E-state index >= 15 is 0 Å². The van der Waals surface area contributed by atoms with Gasteiger partial charge in [0, 0.05) is 5.56 Å². The van der Waals surface area contributed by atoms with Gasteiger partial charge in [-0.3, -0.25) is 4.72 Å². The van der Waals surface area contributed by atoms with Gasteiger partial charge in [-0.05, 0) is 37.6 Å². The Bertz CT molecular complexity index is 553. The van der Waals surface area contributed by atoms with Crippen LogP contribution in [0.15, 0.2) is 18.2 Å². The molecule has 0 aliphatic rings. The number of hydrogen-bond donors (Lipinski definition) is 2. The van der Waals surface area contributed by atoms with Crippen LogP contribution in [0.25, 0.3) is 0 Å². The average molecular weight is 253 g/mol. The summed E-state index contributed by atoms with van der Waals surface area (Å²) in [7, 11) is -3.25. The van der Waals surface area contributed by atoms with Crippen LogP contribution in [0.1, 0.15) is 18.1 Å². The van der Waals surface area contributed by atoms with Gasteiger partial charge in [-0.25, -0.2) is 8.42 Å². The molecule has 5 heteroatoms. The van der Waals surface area contributed by atoms with Gasteiger partial charge in [-0.2, -0.15) is 0 Å². The second kappa shape index (κ2) is 5.71. The van der Waals surface area contributed by atoms with Crippen LogP contribution in [0.5, 0.6) is 0 Å². The van der Waals surface area contributed by atoms with Crippen molar-refractivity contribution in [3.63, 3.8) is 0 Å². The first-order valence-electron chi connectivity index (χ1n) is 5.19. The molecule has 0 amide bonds. The van der Waals surface area contributed by atoms with Gasteiger partial charge >= 0.3 is 0 Å². The molecule has 0 bridgehead atoms. The molecule has 0 unspecified atom stereocenters.